The van der Waals surface area contributed by atoms with Gasteiger partial charge in [-0.2, -0.15) is 5.10 Å². The topological polar surface area (TPSA) is 63.0 Å². The molecule has 0 radical (unpaired) electrons. The SMILES string of the molecule is O=c1[nH]c2cc(Br)cnc2n2nccc12. The molecular weight excluding hydrogens is 260 g/mol. The van der Waals surface area contributed by atoms with Crippen LogP contribution >= 0.6 is 15.9 Å². The third kappa shape index (κ3) is 1.18. The smallest absolute Gasteiger partial charge is 0.274 e. The van der Waals surface area contributed by atoms with Gasteiger partial charge in [0.1, 0.15) is 5.52 Å². The molecule has 1 N–H and O–H groups in total. The van der Waals surface area contributed by atoms with E-state index in [4.69, 9.17) is 0 Å². The molecule has 0 unspecified atom stereocenters. The second kappa shape index (κ2) is 2.90. The van der Waals surface area contributed by atoms with Gasteiger partial charge in [-0.05, 0) is 28.1 Å². The molecule has 0 bridgehead atoms. The van der Waals surface area contributed by atoms with Crippen LogP contribution in [-0.2, 0) is 0 Å². The van der Waals surface area contributed by atoms with Gasteiger partial charge in [0.25, 0.3) is 5.56 Å². The van der Waals surface area contributed by atoms with Gasteiger partial charge in [-0.1, -0.05) is 0 Å². The summed E-state index contributed by atoms with van der Waals surface area (Å²) in [5, 5.41) is 4.06. The first-order valence-corrected chi connectivity index (χ1v) is 5.06. The van der Waals surface area contributed by atoms with Gasteiger partial charge in [-0.15, -0.1) is 0 Å². The number of hydrogen-bond acceptors (Lipinski definition) is 3. The molecule has 0 amide bonds. The maximum absolute atomic E-state index is 11.6. The molecule has 0 atom stereocenters. The van der Waals surface area contributed by atoms with Crippen LogP contribution in [0.3, 0.4) is 0 Å². The van der Waals surface area contributed by atoms with Crippen molar-refractivity contribution in [1.29, 1.82) is 0 Å². The van der Waals surface area contributed by atoms with E-state index in [1.807, 2.05) is 0 Å². The van der Waals surface area contributed by atoms with Crippen molar-refractivity contribution >= 4 is 32.6 Å². The van der Waals surface area contributed by atoms with E-state index in [9.17, 15) is 4.79 Å². The number of aromatic nitrogens is 4. The lowest BCUT2D eigenvalue weighted by atomic mass is 10.4. The molecule has 3 rings (SSSR count). The van der Waals surface area contributed by atoms with Crippen LogP contribution in [0.1, 0.15) is 0 Å². The van der Waals surface area contributed by atoms with E-state index in [1.54, 1.807) is 24.5 Å². The van der Waals surface area contributed by atoms with Crippen LogP contribution in [0.25, 0.3) is 16.7 Å². The summed E-state index contributed by atoms with van der Waals surface area (Å²) in [6, 6.07) is 3.45. The molecule has 0 aromatic carbocycles. The van der Waals surface area contributed by atoms with Gasteiger partial charge in [0, 0.05) is 10.7 Å². The normalized spacial score (nSPS) is 11.3. The third-order valence-corrected chi connectivity index (χ3v) is 2.59. The minimum absolute atomic E-state index is 0.167. The highest BCUT2D eigenvalue weighted by molar-refractivity contribution is 9.10. The first kappa shape index (κ1) is 8.60. The Kier molecular flexibility index (Phi) is 1.66. The summed E-state index contributed by atoms with van der Waals surface area (Å²) < 4.78 is 2.35. The maximum atomic E-state index is 11.6. The monoisotopic (exact) mass is 264 g/mol. The number of fused-ring (bicyclic) bond motifs is 3. The Morgan fingerprint density at radius 1 is 1.47 bits per heavy atom. The molecule has 3 heterocycles. The molecule has 3 aromatic heterocycles. The van der Waals surface area contributed by atoms with Crippen LogP contribution in [0.15, 0.2) is 33.8 Å². The number of nitrogens with zero attached hydrogens (tertiary/aromatic N) is 3. The zero-order valence-corrected chi connectivity index (χ0v) is 9.02. The molecule has 0 aliphatic heterocycles. The van der Waals surface area contributed by atoms with E-state index < -0.39 is 0 Å². The molecule has 0 saturated heterocycles. The summed E-state index contributed by atoms with van der Waals surface area (Å²) in [5.74, 6) is 0. The van der Waals surface area contributed by atoms with Crippen LogP contribution in [-0.4, -0.2) is 19.6 Å². The average Bonchev–Trinajstić information content (AvgIpc) is 2.66. The van der Waals surface area contributed by atoms with Crippen LogP contribution in [0, 0.1) is 0 Å². The van der Waals surface area contributed by atoms with Gasteiger partial charge in [0.15, 0.2) is 5.65 Å². The van der Waals surface area contributed by atoms with E-state index in [0.29, 0.717) is 16.7 Å². The zero-order valence-electron chi connectivity index (χ0n) is 7.44. The van der Waals surface area contributed by atoms with Crippen LogP contribution < -0.4 is 5.56 Å². The highest BCUT2D eigenvalue weighted by atomic mass is 79.9. The summed E-state index contributed by atoms with van der Waals surface area (Å²) in [7, 11) is 0. The van der Waals surface area contributed by atoms with Crippen molar-refractivity contribution in [2.45, 2.75) is 0 Å². The second-order valence-corrected chi connectivity index (χ2v) is 4.02. The van der Waals surface area contributed by atoms with Gasteiger partial charge in [-0.3, -0.25) is 4.79 Å². The van der Waals surface area contributed by atoms with Gasteiger partial charge in [0.05, 0.1) is 11.7 Å². The minimum Gasteiger partial charge on any atom is -0.317 e. The lowest BCUT2D eigenvalue weighted by Crippen LogP contribution is -2.11. The first-order chi connectivity index (χ1) is 7.25. The van der Waals surface area contributed by atoms with Crippen LogP contribution in [0.2, 0.25) is 0 Å². The number of aromatic amines is 1. The predicted octanol–water partition coefficient (Wildman–Crippen LogP) is 1.33. The van der Waals surface area contributed by atoms with Crippen molar-refractivity contribution in [1.82, 2.24) is 19.6 Å². The van der Waals surface area contributed by atoms with E-state index in [-0.39, 0.29) is 5.56 Å². The molecule has 0 spiro atoms. The van der Waals surface area contributed by atoms with Crippen molar-refractivity contribution in [3.8, 4) is 0 Å². The fourth-order valence-electron chi connectivity index (χ4n) is 1.52. The average molecular weight is 265 g/mol. The van der Waals surface area contributed by atoms with Crippen LogP contribution in [0.4, 0.5) is 0 Å². The molecular formula is C9H5BrN4O. The largest absolute Gasteiger partial charge is 0.317 e. The maximum Gasteiger partial charge on any atom is 0.274 e. The molecule has 0 fully saturated rings. The Hall–Kier alpha value is -1.69. The lowest BCUT2D eigenvalue weighted by molar-refractivity contribution is 0.964. The fourth-order valence-corrected chi connectivity index (χ4v) is 1.85. The quantitative estimate of drug-likeness (QED) is 0.667. The highest BCUT2D eigenvalue weighted by Gasteiger charge is 2.06. The predicted molar refractivity (Wildman–Crippen MR) is 58.8 cm³/mol. The Labute approximate surface area is 91.9 Å². The molecule has 5 nitrogen and oxygen atoms in total. The number of H-pyrrole nitrogens is 1. The van der Waals surface area contributed by atoms with E-state index >= 15 is 0 Å². The summed E-state index contributed by atoms with van der Waals surface area (Å²) in [5.41, 5.74) is 1.63. The van der Waals surface area contributed by atoms with Gasteiger partial charge in [-0.25, -0.2) is 9.50 Å². The van der Waals surface area contributed by atoms with Gasteiger partial charge < -0.3 is 4.98 Å². The molecule has 74 valence electrons. The Morgan fingerprint density at radius 2 is 2.33 bits per heavy atom. The second-order valence-electron chi connectivity index (χ2n) is 3.11. The Morgan fingerprint density at radius 3 is 3.20 bits per heavy atom. The standard InChI is InChI=1S/C9H5BrN4O/c10-5-3-6-8(11-4-5)14-7(1-2-12-14)9(15)13-6/h1-4H,(H,13,15). The molecule has 15 heavy (non-hydrogen) atoms. The van der Waals surface area contributed by atoms with Crippen molar-refractivity contribution in [3.63, 3.8) is 0 Å². The van der Waals surface area contributed by atoms with E-state index in [2.05, 4.69) is 31.0 Å². The summed E-state index contributed by atoms with van der Waals surface area (Å²) in [6.07, 6.45) is 3.25. The van der Waals surface area contributed by atoms with Gasteiger partial charge >= 0.3 is 0 Å². The fraction of sp³-hybridized carbons (Fsp3) is 0. The van der Waals surface area contributed by atoms with Crippen molar-refractivity contribution in [2.24, 2.45) is 0 Å². The summed E-state index contributed by atoms with van der Waals surface area (Å²) in [6.45, 7) is 0. The Bertz CT molecular complexity index is 715. The molecule has 0 aliphatic rings. The van der Waals surface area contributed by atoms with E-state index in [0.717, 1.165) is 4.47 Å². The highest BCUT2D eigenvalue weighted by Crippen LogP contribution is 2.14. The number of rotatable bonds is 0. The molecule has 6 heteroatoms. The minimum atomic E-state index is -0.167. The van der Waals surface area contributed by atoms with E-state index in [1.165, 1.54) is 4.52 Å². The Balaban J connectivity index is 2.66. The number of hydrogen-bond donors (Lipinski definition) is 1. The van der Waals surface area contributed by atoms with Crippen molar-refractivity contribution < 1.29 is 0 Å². The number of nitrogens with one attached hydrogen (secondary N) is 1. The van der Waals surface area contributed by atoms with Crippen LogP contribution in [0.5, 0.6) is 0 Å². The zero-order chi connectivity index (χ0) is 10.4. The molecule has 0 aliphatic carbocycles. The number of halogens is 1. The summed E-state index contributed by atoms with van der Waals surface area (Å²) in [4.78, 5) is 18.6. The number of pyridine rings is 1. The van der Waals surface area contributed by atoms with Crippen molar-refractivity contribution in [3.05, 3.63) is 39.4 Å². The molecule has 0 saturated carbocycles. The third-order valence-electron chi connectivity index (χ3n) is 2.16. The summed E-state index contributed by atoms with van der Waals surface area (Å²) >= 11 is 3.30. The van der Waals surface area contributed by atoms with Gasteiger partial charge in [0.2, 0.25) is 0 Å². The first-order valence-electron chi connectivity index (χ1n) is 4.27. The lowest BCUT2D eigenvalue weighted by Gasteiger charge is -2.00. The van der Waals surface area contributed by atoms with Crippen molar-refractivity contribution in [2.75, 3.05) is 0 Å². The molecule has 3 aromatic rings.